The number of fused-ring (bicyclic) bond motifs is 3. The minimum absolute atomic E-state index is 0.345. The summed E-state index contributed by atoms with van der Waals surface area (Å²) in [6.45, 7) is 3.96. The molecule has 0 aliphatic carbocycles. The Morgan fingerprint density at radius 3 is 2.64 bits per heavy atom. The molecule has 0 N–H and O–H groups in total. The second-order valence-electron chi connectivity index (χ2n) is 5.21. The minimum Gasteiger partial charge on any atom is -0.403 e. The van der Waals surface area contributed by atoms with Crippen molar-refractivity contribution in [2.24, 2.45) is 0 Å². The molecule has 0 saturated carbocycles. The molecule has 0 radical (unpaired) electrons. The maximum Gasteiger partial charge on any atom is 0.357 e. The molecule has 3 heterocycles. The maximum absolute atomic E-state index is 12.3. The number of nitrogens with zero attached hydrogens (tertiary/aromatic N) is 2. The summed E-state index contributed by atoms with van der Waals surface area (Å²) in [5, 5.41) is 0.940. The second kappa shape index (κ2) is 4.74. The van der Waals surface area contributed by atoms with Crippen LogP contribution in [0.2, 0.25) is 0 Å². The fourth-order valence-electron chi connectivity index (χ4n) is 2.63. The van der Waals surface area contributed by atoms with Gasteiger partial charge in [-0.1, -0.05) is 18.2 Å². The largest absolute Gasteiger partial charge is 0.403 e. The van der Waals surface area contributed by atoms with E-state index in [0.29, 0.717) is 16.1 Å². The zero-order valence-corrected chi connectivity index (χ0v) is 12.9. The molecule has 0 fully saturated rings. The van der Waals surface area contributed by atoms with Crippen LogP contribution >= 0.6 is 11.3 Å². The molecule has 0 atom stereocenters. The zero-order valence-electron chi connectivity index (χ0n) is 12.1. The molecule has 4 rings (SSSR count). The number of thiophene rings is 1. The van der Waals surface area contributed by atoms with Gasteiger partial charge in [0.25, 0.3) is 0 Å². The van der Waals surface area contributed by atoms with Crippen LogP contribution < -0.4 is 5.63 Å². The second-order valence-corrected chi connectivity index (χ2v) is 6.21. The first kappa shape index (κ1) is 13.2. The fraction of sp³-hybridized carbons (Fsp3) is 0.118. The van der Waals surface area contributed by atoms with E-state index in [0.717, 1.165) is 27.0 Å². The topological polar surface area (TPSA) is 56.0 Å². The smallest absolute Gasteiger partial charge is 0.357 e. The molecule has 0 aliphatic heterocycles. The molecular formula is C17H12N2O2S. The van der Waals surface area contributed by atoms with Gasteiger partial charge in [0, 0.05) is 16.6 Å². The summed E-state index contributed by atoms with van der Waals surface area (Å²) in [5.74, 6) is 0.345. The first-order valence-corrected chi connectivity index (χ1v) is 7.72. The number of aryl methyl sites for hydroxylation is 2. The zero-order chi connectivity index (χ0) is 15.3. The van der Waals surface area contributed by atoms with E-state index in [9.17, 15) is 4.79 Å². The maximum atomic E-state index is 12.3. The Hall–Kier alpha value is -2.53. The van der Waals surface area contributed by atoms with Crippen LogP contribution in [0.3, 0.4) is 0 Å². The van der Waals surface area contributed by atoms with Crippen LogP contribution in [0.5, 0.6) is 0 Å². The van der Waals surface area contributed by atoms with E-state index in [1.807, 2.05) is 50.2 Å². The van der Waals surface area contributed by atoms with Gasteiger partial charge in [-0.3, -0.25) is 0 Å². The Kier molecular flexibility index (Phi) is 2.84. The summed E-state index contributed by atoms with van der Waals surface area (Å²) in [5.41, 5.74) is 3.12. The number of aromatic nitrogens is 2. The first-order valence-electron chi connectivity index (χ1n) is 6.90. The van der Waals surface area contributed by atoms with Gasteiger partial charge in [-0.2, -0.15) is 0 Å². The third kappa shape index (κ3) is 1.94. The van der Waals surface area contributed by atoms with E-state index in [-0.39, 0.29) is 5.63 Å². The van der Waals surface area contributed by atoms with Crippen LogP contribution in [0.15, 0.2) is 45.6 Å². The van der Waals surface area contributed by atoms with Crippen LogP contribution in [-0.4, -0.2) is 9.97 Å². The van der Waals surface area contributed by atoms with Crippen LogP contribution in [0, 0.1) is 13.8 Å². The van der Waals surface area contributed by atoms with Crippen molar-refractivity contribution >= 4 is 31.8 Å². The summed E-state index contributed by atoms with van der Waals surface area (Å²) in [7, 11) is 0. The van der Waals surface area contributed by atoms with Gasteiger partial charge < -0.3 is 4.42 Å². The lowest BCUT2D eigenvalue weighted by atomic mass is 10.1. The number of rotatable bonds is 1. The van der Waals surface area contributed by atoms with Crippen LogP contribution in [0.1, 0.15) is 11.3 Å². The molecule has 1 aromatic carbocycles. The molecule has 108 valence electrons. The van der Waals surface area contributed by atoms with Gasteiger partial charge >= 0.3 is 5.63 Å². The fourth-order valence-corrected chi connectivity index (χ4v) is 3.74. The molecule has 0 saturated heterocycles. The van der Waals surface area contributed by atoms with E-state index in [1.165, 1.54) is 11.3 Å². The molecule has 0 spiro atoms. The molecular weight excluding hydrogens is 296 g/mol. The van der Waals surface area contributed by atoms with Crippen molar-refractivity contribution in [2.75, 3.05) is 0 Å². The normalized spacial score (nSPS) is 11.4. The van der Waals surface area contributed by atoms with Crippen molar-refractivity contribution in [3.05, 3.63) is 58.1 Å². The average Bonchev–Trinajstić information content (AvgIpc) is 2.87. The molecule has 0 bridgehead atoms. The molecule has 4 nitrogen and oxygen atoms in total. The summed E-state index contributed by atoms with van der Waals surface area (Å²) >= 11 is 1.34. The molecule has 0 amide bonds. The highest BCUT2D eigenvalue weighted by Gasteiger charge is 2.16. The predicted molar refractivity (Wildman–Crippen MR) is 88.4 cm³/mol. The number of pyridine rings is 1. The summed E-state index contributed by atoms with van der Waals surface area (Å²) in [6.07, 6.45) is 0. The summed E-state index contributed by atoms with van der Waals surface area (Å²) < 4.78 is 5.92. The Labute approximate surface area is 130 Å². The highest BCUT2D eigenvalue weighted by Crippen LogP contribution is 2.33. The lowest BCUT2D eigenvalue weighted by Gasteiger charge is -2.00. The van der Waals surface area contributed by atoms with Crippen molar-refractivity contribution in [1.29, 1.82) is 0 Å². The van der Waals surface area contributed by atoms with Gasteiger partial charge in [-0.25, -0.2) is 14.8 Å². The SMILES string of the molecule is Cc1cc(C)c2c(n1)sc1c(=O)oc(-c3ccccc3)nc12. The standard InChI is InChI=1S/C17H12N2O2S/c1-9-8-10(2)18-16-12(9)13-14(22-16)17(20)21-15(19-13)11-6-4-3-5-7-11/h3-8H,1-2H3. The van der Waals surface area contributed by atoms with E-state index in [4.69, 9.17) is 4.42 Å². The Bertz CT molecular complexity index is 1060. The monoisotopic (exact) mass is 308 g/mol. The van der Waals surface area contributed by atoms with E-state index >= 15 is 0 Å². The quantitative estimate of drug-likeness (QED) is 0.531. The van der Waals surface area contributed by atoms with Gasteiger partial charge in [-0.15, -0.1) is 11.3 Å². The number of hydrogen-bond donors (Lipinski definition) is 0. The summed E-state index contributed by atoms with van der Waals surface area (Å²) in [6, 6.07) is 11.5. The van der Waals surface area contributed by atoms with Crippen molar-refractivity contribution < 1.29 is 4.42 Å². The molecule has 0 unspecified atom stereocenters. The predicted octanol–water partition coefficient (Wildman–Crippen LogP) is 4.08. The van der Waals surface area contributed by atoms with E-state index in [2.05, 4.69) is 9.97 Å². The summed E-state index contributed by atoms with van der Waals surface area (Å²) in [4.78, 5) is 22.2. The van der Waals surface area contributed by atoms with Crippen LogP contribution in [0.25, 0.3) is 31.9 Å². The molecule has 3 aromatic heterocycles. The van der Waals surface area contributed by atoms with Crippen molar-refractivity contribution in [3.63, 3.8) is 0 Å². The third-order valence-electron chi connectivity index (χ3n) is 3.57. The highest BCUT2D eigenvalue weighted by atomic mass is 32.1. The first-order chi connectivity index (χ1) is 10.6. The lowest BCUT2D eigenvalue weighted by Crippen LogP contribution is -2.00. The molecule has 4 aromatic rings. The van der Waals surface area contributed by atoms with Gasteiger partial charge in [0.2, 0.25) is 5.89 Å². The number of benzene rings is 1. The van der Waals surface area contributed by atoms with E-state index < -0.39 is 0 Å². The van der Waals surface area contributed by atoms with Gasteiger partial charge in [0.15, 0.2) is 0 Å². The minimum atomic E-state index is -0.357. The average molecular weight is 308 g/mol. The van der Waals surface area contributed by atoms with Gasteiger partial charge in [0.1, 0.15) is 15.0 Å². The molecule has 22 heavy (non-hydrogen) atoms. The lowest BCUT2D eigenvalue weighted by molar-refractivity contribution is 0.520. The van der Waals surface area contributed by atoms with Crippen LogP contribution in [0.4, 0.5) is 0 Å². The Balaban J connectivity index is 2.13. The van der Waals surface area contributed by atoms with Crippen molar-refractivity contribution in [2.45, 2.75) is 13.8 Å². The van der Waals surface area contributed by atoms with Crippen LogP contribution in [-0.2, 0) is 0 Å². The molecule has 0 aliphatic rings. The highest BCUT2D eigenvalue weighted by molar-refractivity contribution is 7.25. The third-order valence-corrected chi connectivity index (χ3v) is 4.62. The van der Waals surface area contributed by atoms with Crippen molar-refractivity contribution in [3.8, 4) is 11.5 Å². The number of hydrogen-bond acceptors (Lipinski definition) is 5. The van der Waals surface area contributed by atoms with E-state index in [1.54, 1.807) is 0 Å². The van der Waals surface area contributed by atoms with Gasteiger partial charge in [0.05, 0.1) is 0 Å². The molecule has 5 heteroatoms. The van der Waals surface area contributed by atoms with Gasteiger partial charge in [-0.05, 0) is 37.6 Å². The Morgan fingerprint density at radius 1 is 1.09 bits per heavy atom. The Morgan fingerprint density at radius 2 is 1.86 bits per heavy atom. The van der Waals surface area contributed by atoms with Crippen molar-refractivity contribution in [1.82, 2.24) is 9.97 Å².